The molecule has 0 aromatic heterocycles. The topological polar surface area (TPSA) is 38.7 Å². The highest BCUT2D eigenvalue weighted by atomic mass is 79.9. The number of halogens is 1. The van der Waals surface area contributed by atoms with Gasteiger partial charge in [-0.25, -0.2) is 0 Å². The Morgan fingerprint density at radius 2 is 1.71 bits per heavy atom. The SMILES string of the molecule is OC1(c2cc3c(cc2Br)OC2(CCC2)O3)CC1. The lowest BCUT2D eigenvalue weighted by Gasteiger charge is -2.35. The number of benzene rings is 1. The summed E-state index contributed by atoms with van der Waals surface area (Å²) in [6, 6.07) is 3.85. The Bertz CT molecular complexity index is 504. The summed E-state index contributed by atoms with van der Waals surface area (Å²) in [7, 11) is 0. The highest BCUT2D eigenvalue weighted by Crippen LogP contribution is 2.54. The molecule has 0 radical (unpaired) electrons. The Hall–Kier alpha value is -0.740. The van der Waals surface area contributed by atoms with E-state index in [-0.39, 0.29) is 0 Å². The first-order valence-electron chi connectivity index (χ1n) is 6.05. The fraction of sp³-hybridized carbons (Fsp3) is 0.538. The Kier molecular flexibility index (Phi) is 1.79. The van der Waals surface area contributed by atoms with Crippen molar-refractivity contribution in [1.29, 1.82) is 0 Å². The van der Waals surface area contributed by atoms with E-state index in [0.717, 1.165) is 53.6 Å². The minimum atomic E-state index is -0.646. The van der Waals surface area contributed by atoms with Gasteiger partial charge in [-0.15, -0.1) is 0 Å². The van der Waals surface area contributed by atoms with Crippen LogP contribution < -0.4 is 9.47 Å². The molecule has 90 valence electrons. The van der Waals surface area contributed by atoms with Crippen molar-refractivity contribution in [3.05, 3.63) is 22.2 Å². The summed E-state index contributed by atoms with van der Waals surface area (Å²) in [5.41, 5.74) is 0.281. The number of ether oxygens (including phenoxy) is 2. The van der Waals surface area contributed by atoms with Crippen LogP contribution in [0.1, 0.15) is 37.7 Å². The molecule has 0 amide bonds. The molecule has 2 saturated carbocycles. The van der Waals surface area contributed by atoms with Crippen LogP contribution in [0.25, 0.3) is 0 Å². The summed E-state index contributed by atoms with van der Waals surface area (Å²) < 4.78 is 12.7. The van der Waals surface area contributed by atoms with Gasteiger partial charge in [-0.1, -0.05) is 15.9 Å². The highest BCUT2D eigenvalue weighted by Gasteiger charge is 2.49. The molecule has 1 aliphatic heterocycles. The van der Waals surface area contributed by atoms with Crippen LogP contribution in [-0.2, 0) is 5.60 Å². The molecule has 3 aliphatic rings. The van der Waals surface area contributed by atoms with E-state index in [9.17, 15) is 5.11 Å². The van der Waals surface area contributed by atoms with E-state index < -0.39 is 11.4 Å². The second-order valence-electron chi connectivity index (χ2n) is 5.28. The van der Waals surface area contributed by atoms with Crippen LogP contribution in [0.4, 0.5) is 0 Å². The molecule has 1 N–H and O–H groups in total. The first-order valence-corrected chi connectivity index (χ1v) is 6.84. The maximum atomic E-state index is 10.2. The molecule has 0 saturated heterocycles. The van der Waals surface area contributed by atoms with E-state index in [4.69, 9.17) is 9.47 Å². The third-order valence-corrected chi connectivity index (χ3v) is 4.62. The minimum Gasteiger partial charge on any atom is -0.448 e. The predicted molar refractivity (Wildman–Crippen MR) is 65.1 cm³/mol. The number of hydrogen-bond donors (Lipinski definition) is 1. The van der Waals surface area contributed by atoms with E-state index in [1.54, 1.807) is 0 Å². The zero-order valence-corrected chi connectivity index (χ0v) is 10.9. The van der Waals surface area contributed by atoms with Gasteiger partial charge in [-0.3, -0.25) is 0 Å². The van der Waals surface area contributed by atoms with Gasteiger partial charge in [0.05, 0.1) is 5.60 Å². The summed E-state index contributed by atoms with van der Waals surface area (Å²) >= 11 is 3.51. The van der Waals surface area contributed by atoms with Crippen molar-refractivity contribution < 1.29 is 14.6 Å². The number of aliphatic hydroxyl groups is 1. The molecule has 1 heterocycles. The molecule has 2 aliphatic carbocycles. The summed E-state index contributed by atoms with van der Waals surface area (Å²) in [6.07, 6.45) is 4.73. The van der Waals surface area contributed by atoms with Crippen LogP contribution in [0.3, 0.4) is 0 Å². The van der Waals surface area contributed by atoms with Crippen molar-refractivity contribution in [2.75, 3.05) is 0 Å². The van der Waals surface area contributed by atoms with Gasteiger partial charge >= 0.3 is 0 Å². The van der Waals surface area contributed by atoms with Gasteiger partial charge < -0.3 is 14.6 Å². The van der Waals surface area contributed by atoms with Crippen LogP contribution in [-0.4, -0.2) is 10.9 Å². The van der Waals surface area contributed by atoms with E-state index in [0.29, 0.717) is 0 Å². The summed E-state index contributed by atoms with van der Waals surface area (Å²) in [5.74, 6) is 1.18. The van der Waals surface area contributed by atoms with Crippen LogP contribution in [0.2, 0.25) is 0 Å². The summed E-state index contributed by atoms with van der Waals surface area (Å²) in [5, 5.41) is 10.2. The van der Waals surface area contributed by atoms with Gasteiger partial charge in [0.2, 0.25) is 0 Å². The quantitative estimate of drug-likeness (QED) is 0.865. The molecular weight excluding hydrogens is 284 g/mol. The number of hydrogen-bond acceptors (Lipinski definition) is 3. The van der Waals surface area contributed by atoms with Gasteiger partial charge in [0.25, 0.3) is 5.79 Å². The molecule has 4 rings (SSSR count). The lowest BCUT2D eigenvalue weighted by Crippen LogP contribution is -2.45. The molecule has 4 heteroatoms. The monoisotopic (exact) mass is 296 g/mol. The van der Waals surface area contributed by atoms with Gasteiger partial charge in [0.15, 0.2) is 11.5 Å². The third-order valence-electron chi connectivity index (χ3n) is 3.97. The fourth-order valence-corrected chi connectivity index (χ4v) is 3.22. The van der Waals surface area contributed by atoms with Crippen LogP contribution in [0.5, 0.6) is 11.5 Å². The molecule has 0 bridgehead atoms. The summed E-state index contributed by atoms with van der Waals surface area (Å²) in [6.45, 7) is 0. The Morgan fingerprint density at radius 1 is 1.06 bits per heavy atom. The van der Waals surface area contributed by atoms with E-state index in [1.165, 1.54) is 0 Å². The Balaban J connectivity index is 1.76. The normalized spacial score (nSPS) is 25.8. The van der Waals surface area contributed by atoms with Crippen molar-refractivity contribution in [2.45, 2.75) is 43.5 Å². The lowest BCUT2D eigenvalue weighted by atomic mass is 9.91. The molecule has 0 atom stereocenters. The number of fused-ring (bicyclic) bond motifs is 1. The fourth-order valence-electron chi connectivity index (χ4n) is 2.53. The molecule has 0 unspecified atom stereocenters. The largest absolute Gasteiger partial charge is 0.448 e. The molecule has 1 spiro atoms. The van der Waals surface area contributed by atoms with E-state index in [2.05, 4.69) is 15.9 Å². The molecular formula is C13H13BrO3. The maximum absolute atomic E-state index is 10.2. The van der Waals surface area contributed by atoms with Crippen LogP contribution in [0.15, 0.2) is 16.6 Å². The van der Waals surface area contributed by atoms with Crippen molar-refractivity contribution >= 4 is 15.9 Å². The second-order valence-corrected chi connectivity index (χ2v) is 6.13. The van der Waals surface area contributed by atoms with Crippen molar-refractivity contribution in [3.8, 4) is 11.5 Å². The van der Waals surface area contributed by atoms with Crippen molar-refractivity contribution in [3.63, 3.8) is 0 Å². The average molecular weight is 297 g/mol. The Morgan fingerprint density at radius 3 is 2.24 bits per heavy atom. The van der Waals surface area contributed by atoms with Gasteiger partial charge in [-0.05, 0) is 31.4 Å². The van der Waals surface area contributed by atoms with E-state index in [1.807, 2.05) is 12.1 Å². The molecule has 1 aromatic carbocycles. The van der Waals surface area contributed by atoms with Gasteiger partial charge in [0, 0.05) is 22.9 Å². The van der Waals surface area contributed by atoms with Crippen molar-refractivity contribution in [1.82, 2.24) is 0 Å². The third kappa shape index (κ3) is 1.37. The van der Waals surface area contributed by atoms with Gasteiger partial charge in [-0.2, -0.15) is 0 Å². The first-order chi connectivity index (χ1) is 8.10. The van der Waals surface area contributed by atoms with Crippen LogP contribution in [0, 0.1) is 0 Å². The second kappa shape index (κ2) is 2.98. The summed E-state index contributed by atoms with van der Waals surface area (Å²) in [4.78, 5) is 0. The minimum absolute atomic E-state index is 0.396. The molecule has 17 heavy (non-hydrogen) atoms. The zero-order chi connectivity index (χ0) is 11.7. The molecule has 3 nitrogen and oxygen atoms in total. The zero-order valence-electron chi connectivity index (χ0n) is 9.33. The predicted octanol–water partition coefficient (Wildman–Crippen LogP) is 3.08. The highest BCUT2D eigenvalue weighted by molar-refractivity contribution is 9.10. The standard InChI is InChI=1S/C13H13BrO3/c14-9-7-11-10(6-8(9)12(15)4-5-12)16-13(17-11)2-1-3-13/h6-7,15H,1-5H2. The average Bonchev–Trinajstić information content (AvgIpc) is 2.86. The maximum Gasteiger partial charge on any atom is 0.251 e. The van der Waals surface area contributed by atoms with Crippen molar-refractivity contribution in [2.24, 2.45) is 0 Å². The van der Waals surface area contributed by atoms with Gasteiger partial charge in [0.1, 0.15) is 0 Å². The number of rotatable bonds is 1. The Labute approximate surface area is 108 Å². The smallest absolute Gasteiger partial charge is 0.251 e. The van der Waals surface area contributed by atoms with Crippen LogP contribution >= 0.6 is 15.9 Å². The molecule has 1 aromatic rings. The first kappa shape index (κ1) is 10.2. The molecule has 2 fully saturated rings. The van der Waals surface area contributed by atoms with E-state index >= 15 is 0 Å². The lowest BCUT2D eigenvalue weighted by molar-refractivity contribution is -0.138.